The van der Waals surface area contributed by atoms with Crippen molar-refractivity contribution in [3.05, 3.63) is 23.7 Å². The maximum atomic E-state index is 12.2. The number of carbonyl (C=O) groups is 1. The van der Waals surface area contributed by atoms with Gasteiger partial charge in [-0.05, 0) is 56.0 Å². The highest BCUT2D eigenvalue weighted by Gasteiger charge is 2.22. The van der Waals surface area contributed by atoms with Crippen LogP contribution < -0.4 is 10.6 Å². The summed E-state index contributed by atoms with van der Waals surface area (Å²) in [5.41, 5.74) is 3.61. The topological polar surface area (TPSA) is 54.0 Å². The molecular formula is C16H22ClN3OS. The molecule has 0 saturated carbocycles. The average molecular weight is 340 g/mol. The van der Waals surface area contributed by atoms with Crippen LogP contribution in [0.3, 0.4) is 0 Å². The number of carbonyl (C=O) groups excluding carboxylic acids is 1. The number of fused-ring (bicyclic) bond motifs is 1. The van der Waals surface area contributed by atoms with E-state index < -0.39 is 0 Å². The normalized spacial score (nSPS) is 19.4. The number of benzene rings is 1. The van der Waals surface area contributed by atoms with E-state index in [1.54, 1.807) is 11.3 Å². The van der Waals surface area contributed by atoms with Gasteiger partial charge >= 0.3 is 0 Å². The third-order valence-electron chi connectivity index (χ3n) is 4.26. The third-order valence-corrected chi connectivity index (χ3v) is 5.07. The lowest BCUT2D eigenvalue weighted by Gasteiger charge is -2.28. The van der Waals surface area contributed by atoms with Crippen LogP contribution in [0.4, 0.5) is 5.69 Å². The molecule has 2 unspecified atom stereocenters. The second kappa shape index (κ2) is 7.90. The van der Waals surface area contributed by atoms with E-state index in [0.717, 1.165) is 29.0 Å². The van der Waals surface area contributed by atoms with Crippen molar-refractivity contribution < 1.29 is 4.79 Å². The standard InChI is InChI=1S/C16H21N3OS.ClH/c1-11(12-3-2-6-17-9-12)7-16(20)19-13-4-5-15-14(8-13)18-10-21-15;/h4-5,8,10-12,17H,2-3,6-7,9H2,1H3,(H,19,20);1H. The summed E-state index contributed by atoms with van der Waals surface area (Å²) in [6, 6.07) is 5.90. The zero-order valence-corrected chi connectivity index (χ0v) is 14.3. The lowest BCUT2D eigenvalue weighted by atomic mass is 9.85. The van der Waals surface area contributed by atoms with Gasteiger partial charge in [0.15, 0.2) is 0 Å². The van der Waals surface area contributed by atoms with Gasteiger partial charge in [0.1, 0.15) is 0 Å². The molecule has 1 amide bonds. The van der Waals surface area contributed by atoms with Crippen LogP contribution >= 0.6 is 23.7 Å². The molecule has 6 heteroatoms. The van der Waals surface area contributed by atoms with Crippen molar-refractivity contribution >= 4 is 45.6 Å². The molecule has 120 valence electrons. The lowest BCUT2D eigenvalue weighted by Crippen LogP contribution is -2.34. The van der Waals surface area contributed by atoms with E-state index in [1.165, 1.54) is 12.8 Å². The van der Waals surface area contributed by atoms with Crippen LogP contribution in [-0.4, -0.2) is 24.0 Å². The van der Waals surface area contributed by atoms with Crippen molar-refractivity contribution in [1.82, 2.24) is 10.3 Å². The maximum absolute atomic E-state index is 12.2. The number of piperidine rings is 1. The molecule has 0 spiro atoms. The number of anilines is 1. The van der Waals surface area contributed by atoms with Gasteiger partial charge in [0.05, 0.1) is 15.7 Å². The zero-order valence-electron chi connectivity index (χ0n) is 12.7. The fourth-order valence-electron chi connectivity index (χ4n) is 2.97. The largest absolute Gasteiger partial charge is 0.326 e. The molecule has 1 aliphatic rings. The highest BCUT2D eigenvalue weighted by atomic mass is 35.5. The average Bonchev–Trinajstić information content (AvgIpc) is 2.95. The number of aromatic nitrogens is 1. The monoisotopic (exact) mass is 339 g/mol. The molecule has 4 nitrogen and oxygen atoms in total. The predicted molar refractivity (Wildman–Crippen MR) is 94.9 cm³/mol. The highest BCUT2D eigenvalue weighted by Crippen LogP contribution is 2.24. The van der Waals surface area contributed by atoms with Gasteiger partial charge < -0.3 is 10.6 Å². The molecule has 1 saturated heterocycles. The Kier molecular flexibility index (Phi) is 6.17. The first-order valence-electron chi connectivity index (χ1n) is 7.56. The molecule has 0 aliphatic carbocycles. The number of nitrogens with one attached hydrogen (secondary N) is 2. The van der Waals surface area contributed by atoms with Crippen LogP contribution in [0.1, 0.15) is 26.2 Å². The van der Waals surface area contributed by atoms with Crippen LogP contribution in [0.5, 0.6) is 0 Å². The zero-order chi connectivity index (χ0) is 14.7. The number of nitrogens with zero attached hydrogens (tertiary/aromatic N) is 1. The summed E-state index contributed by atoms with van der Waals surface area (Å²) in [5, 5.41) is 6.42. The Balaban J connectivity index is 0.00000176. The van der Waals surface area contributed by atoms with Crippen LogP contribution in [0.25, 0.3) is 10.2 Å². The predicted octanol–water partition coefficient (Wildman–Crippen LogP) is 3.68. The quantitative estimate of drug-likeness (QED) is 0.893. The molecular weight excluding hydrogens is 318 g/mol. The fourth-order valence-corrected chi connectivity index (χ4v) is 3.63. The summed E-state index contributed by atoms with van der Waals surface area (Å²) in [7, 11) is 0. The number of hydrogen-bond donors (Lipinski definition) is 2. The Hall–Kier alpha value is -1.17. The van der Waals surface area contributed by atoms with E-state index >= 15 is 0 Å². The summed E-state index contributed by atoms with van der Waals surface area (Å²) in [6.07, 6.45) is 3.03. The van der Waals surface area contributed by atoms with E-state index in [-0.39, 0.29) is 18.3 Å². The molecule has 2 aromatic rings. The molecule has 1 aromatic heterocycles. The first kappa shape index (κ1) is 17.2. The number of hydrogen-bond acceptors (Lipinski definition) is 4. The van der Waals surface area contributed by atoms with Crippen LogP contribution in [0.2, 0.25) is 0 Å². The van der Waals surface area contributed by atoms with E-state index in [9.17, 15) is 4.79 Å². The molecule has 1 aromatic carbocycles. The minimum absolute atomic E-state index is 0. The molecule has 2 heterocycles. The summed E-state index contributed by atoms with van der Waals surface area (Å²) >= 11 is 1.61. The minimum Gasteiger partial charge on any atom is -0.326 e. The Morgan fingerprint density at radius 1 is 1.55 bits per heavy atom. The van der Waals surface area contributed by atoms with Crippen LogP contribution in [0, 0.1) is 11.8 Å². The fraction of sp³-hybridized carbons (Fsp3) is 0.500. The number of amides is 1. The minimum atomic E-state index is 0. The van der Waals surface area contributed by atoms with Gasteiger partial charge in [0, 0.05) is 12.1 Å². The summed E-state index contributed by atoms with van der Waals surface area (Å²) < 4.78 is 1.15. The SMILES string of the molecule is CC(CC(=O)Nc1ccc2scnc2c1)C1CCCNC1.Cl. The molecule has 2 atom stereocenters. The highest BCUT2D eigenvalue weighted by molar-refractivity contribution is 7.16. The second-order valence-corrected chi connectivity index (χ2v) is 6.76. The van der Waals surface area contributed by atoms with E-state index in [4.69, 9.17) is 0 Å². The van der Waals surface area contributed by atoms with Crippen molar-refractivity contribution in [1.29, 1.82) is 0 Å². The van der Waals surface area contributed by atoms with Crippen LogP contribution in [0.15, 0.2) is 23.7 Å². The van der Waals surface area contributed by atoms with Crippen molar-refractivity contribution in [2.45, 2.75) is 26.2 Å². The molecule has 22 heavy (non-hydrogen) atoms. The number of thiazole rings is 1. The summed E-state index contributed by atoms with van der Waals surface area (Å²) in [4.78, 5) is 16.5. The van der Waals surface area contributed by atoms with Crippen LogP contribution in [-0.2, 0) is 4.79 Å². The van der Waals surface area contributed by atoms with Crippen molar-refractivity contribution in [3.8, 4) is 0 Å². The van der Waals surface area contributed by atoms with Gasteiger partial charge in [-0.3, -0.25) is 4.79 Å². The number of rotatable bonds is 4. The van der Waals surface area contributed by atoms with Gasteiger partial charge in [-0.2, -0.15) is 0 Å². The van der Waals surface area contributed by atoms with Crippen molar-refractivity contribution in [2.75, 3.05) is 18.4 Å². The molecule has 3 rings (SSSR count). The Morgan fingerprint density at radius 2 is 2.41 bits per heavy atom. The van der Waals surface area contributed by atoms with Gasteiger partial charge in [-0.15, -0.1) is 23.7 Å². The van der Waals surface area contributed by atoms with E-state index in [1.807, 2.05) is 23.7 Å². The van der Waals surface area contributed by atoms with Crippen molar-refractivity contribution in [3.63, 3.8) is 0 Å². The Labute approximate surface area is 141 Å². The third kappa shape index (κ3) is 4.18. The first-order chi connectivity index (χ1) is 10.2. The lowest BCUT2D eigenvalue weighted by molar-refractivity contribution is -0.117. The molecule has 1 aliphatic heterocycles. The summed E-state index contributed by atoms with van der Waals surface area (Å²) in [6.45, 7) is 4.34. The first-order valence-corrected chi connectivity index (χ1v) is 8.44. The van der Waals surface area contributed by atoms with Gasteiger partial charge in [-0.25, -0.2) is 4.98 Å². The molecule has 0 bridgehead atoms. The summed E-state index contributed by atoms with van der Waals surface area (Å²) in [5.74, 6) is 1.13. The van der Waals surface area contributed by atoms with Gasteiger partial charge in [0.2, 0.25) is 5.91 Å². The smallest absolute Gasteiger partial charge is 0.224 e. The maximum Gasteiger partial charge on any atom is 0.224 e. The molecule has 0 radical (unpaired) electrons. The number of halogens is 1. The Morgan fingerprint density at radius 3 is 3.18 bits per heavy atom. The van der Waals surface area contributed by atoms with E-state index in [0.29, 0.717) is 18.3 Å². The van der Waals surface area contributed by atoms with Crippen molar-refractivity contribution in [2.24, 2.45) is 11.8 Å². The Bertz CT molecular complexity index is 625. The molecule has 1 fully saturated rings. The van der Waals surface area contributed by atoms with Gasteiger partial charge in [-0.1, -0.05) is 6.92 Å². The second-order valence-electron chi connectivity index (χ2n) is 5.87. The van der Waals surface area contributed by atoms with E-state index in [2.05, 4.69) is 22.5 Å². The van der Waals surface area contributed by atoms with Gasteiger partial charge in [0.25, 0.3) is 0 Å². The molecule has 2 N–H and O–H groups in total.